The van der Waals surface area contributed by atoms with Gasteiger partial charge in [-0.3, -0.25) is 0 Å². The summed E-state index contributed by atoms with van der Waals surface area (Å²) in [5, 5.41) is 8.40. The molecule has 1 unspecified atom stereocenters. The Labute approximate surface area is 51.9 Å². The Morgan fingerprint density at radius 3 is 2.78 bits per heavy atom. The SMILES string of the molecule is NC1C=C(CO)OC1=O. The molecule has 0 spiro atoms. The number of carbonyl (C=O) groups excluding carboxylic acids is 1. The zero-order valence-corrected chi connectivity index (χ0v) is 4.70. The smallest absolute Gasteiger partial charge is 0.332 e. The molecule has 0 radical (unpaired) electrons. The topological polar surface area (TPSA) is 72.6 Å². The Bertz CT molecular complexity index is 164. The Morgan fingerprint density at radius 1 is 1.89 bits per heavy atom. The fourth-order valence-corrected chi connectivity index (χ4v) is 0.585. The molecule has 1 rings (SSSR count). The molecular formula is C5H7NO3. The number of esters is 1. The van der Waals surface area contributed by atoms with Crippen LogP contribution in [0.4, 0.5) is 0 Å². The second-order valence-corrected chi connectivity index (χ2v) is 1.74. The summed E-state index contributed by atoms with van der Waals surface area (Å²) in [6.07, 6.45) is 1.39. The molecule has 50 valence electrons. The molecule has 0 aliphatic carbocycles. The molecule has 0 aromatic rings. The number of cyclic esters (lactones) is 1. The van der Waals surface area contributed by atoms with Crippen LogP contribution in [-0.4, -0.2) is 23.7 Å². The first-order valence-corrected chi connectivity index (χ1v) is 2.53. The van der Waals surface area contributed by atoms with Crippen molar-refractivity contribution in [2.24, 2.45) is 5.73 Å². The van der Waals surface area contributed by atoms with Gasteiger partial charge in [0.25, 0.3) is 0 Å². The maximum Gasteiger partial charge on any atom is 0.332 e. The van der Waals surface area contributed by atoms with E-state index in [9.17, 15) is 4.79 Å². The van der Waals surface area contributed by atoms with Gasteiger partial charge in [0.1, 0.15) is 18.4 Å². The Kier molecular flexibility index (Phi) is 1.50. The second kappa shape index (κ2) is 2.16. The maximum atomic E-state index is 10.4. The van der Waals surface area contributed by atoms with Gasteiger partial charge >= 0.3 is 5.97 Å². The minimum absolute atomic E-state index is 0.243. The second-order valence-electron chi connectivity index (χ2n) is 1.74. The molecule has 1 aliphatic rings. The van der Waals surface area contributed by atoms with E-state index in [1.165, 1.54) is 6.08 Å². The highest BCUT2D eigenvalue weighted by Crippen LogP contribution is 2.07. The number of aliphatic hydroxyl groups is 1. The first kappa shape index (κ1) is 6.25. The van der Waals surface area contributed by atoms with E-state index in [2.05, 4.69) is 4.74 Å². The van der Waals surface area contributed by atoms with Crippen molar-refractivity contribution in [3.63, 3.8) is 0 Å². The van der Waals surface area contributed by atoms with Gasteiger partial charge in [0.2, 0.25) is 0 Å². The largest absolute Gasteiger partial charge is 0.427 e. The van der Waals surface area contributed by atoms with Gasteiger partial charge in [-0.05, 0) is 6.08 Å². The fourth-order valence-electron chi connectivity index (χ4n) is 0.585. The summed E-state index contributed by atoms with van der Waals surface area (Å²) >= 11 is 0. The van der Waals surface area contributed by atoms with Crippen LogP contribution in [0.3, 0.4) is 0 Å². The summed E-state index contributed by atoms with van der Waals surface area (Å²) in [6.45, 7) is -0.264. The average Bonchev–Trinajstić information content (AvgIpc) is 2.13. The molecule has 9 heavy (non-hydrogen) atoms. The quantitative estimate of drug-likeness (QED) is 0.434. The van der Waals surface area contributed by atoms with E-state index in [0.29, 0.717) is 0 Å². The van der Waals surface area contributed by atoms with Crippen LogP contribution < -0.4 is 5.73 Å². The van der Waals surface area contributed by atoms with E-state index in [1.54, 1.807) is 0 Å². The average molecular weight is 129 g/mol. The normalized spacial score (nSPS) is 25.8. The van der Waals surface area contributed by atoms with Crippen LogP contribution in [0.15, 0.2) is 11.8 Å². The van der Waals surface area contributed by atoms with Gasteiger partial charge in [-0.1, -0.05) is 0 Å². The third kappa shape index (κ3) is 1.09. The molecular weight excluding hydrogens is 122 g/mol. The van der Waals surface area contributed by atoms with E-state index >= 15 is 0 Å². The monoisotopic (exact) mass is 129 g/mol. The molecule has 4 nitrogen and oxygen atoms in total. The zero-order chi connectivity index (χ0) is 6.85. The third-order valence-electron chi connectivity index (χ3n) is 1.03. The molecule has 0 bridgehead atoms. The number of hydrogen-bond acceptors (Lipinski definition) is 4. The molecule has 1 aliphatic heterocycles. The zero-order valence-electron chi connectivity index (χ0n) is 4.70. The number of aliphatic hydroxyl groups excluding tert-OH is 1. The predicted molar refractivity (Wildman–Crippen MR) is 29.2 cm³/mol. The van der Waals surface area contributed by atoms with E-state index in [-0.39, 0.29) is 12.4 Å². The Balaban J connectivity index is 2.62. The highest BCUT2D eigenvalue weighted by atomic mass is 16.6. The van der Waals surface area contributed by atoms with Crippen molar-refractivity contribution >= 4 is 5.97 Å². The number of rotatable bonds is 1. The Morgan fingerprint density at radius 2 is 2.56 bits per heavy atom. The van der Waals surface area contributed by atoms with E-state index < -0.39 is 12.0 Å². The van der Waals surface area contributed by atoms with Crippen molar-refractivity contribution in [1.29, 1.82) is 0 Å². The summed E-state index contributed by atoms with van der Waals surface area (Å²) in [6, 6.07) is -0.688. The minimum Gasteiger partial charge on any atom is -0.427 e. The van der Waals surface area contributed by atoms with E-state index in [1.807, 2.05) is 0 Å². The van der Waals surface area contributed by atoms with Crippen LogP contribution in [0.25, 0.3) is 0 Å². The maximum absolute atomic E-state index is 10.4. The summed E-state index contributed by atoms with van der Waals surface area (Å²) < 4.78 is 4.47. The van der Waals surface area contributed by atoms with Gasteiger partial charge in [-0.15, -0.1) is 0 Å². The summed E-state index contributed by atoms with van der Waals surface area (Å²) in [4.78, 5) is 10.4. The van der Waals surface area contributed by atoms with Crippen molar-refractivity contribution in [2.75, 3.05) is 6.61 Å². The van der Waals surface area contributed by atoms with Crippen molar-refractivity contribution in [3.05, 3.63) is 11.8 Å². The fraction of sp³-hybridized carbons (Fsp3) is 0.400. The van der Waals surface area contributed by atoms with Crippen LogP contribution in [0.5, 0.6) is 0 Å². The first-order valence-electron chi connectivity index (χ1n) is 2.53. The number of hydrogen-bond donors (Lipinski definition) is 2. The standard InChI is InChI=1S/C5H7NO3/c6-4-1-3(2-7)9-5(4)8/h1,4,7H,2,6H2. The molecule has 1 atom stereocenters. The van der Waals surface area contributed by atoms with Crippen LogP contribution in [0.1, 0.15) is 0 Å². The number of carbonyl (C=O) groups is 1. The lowest BCUT2D eigenvalue weighted by Gasteiger charge is -1.94. The first-order chi connectivity index (χ1) is 4.24. The summed E-state index contributed by atoms with van der Waals surface area (Å²) in [7, 11) is 0. The third-order valence-corrected chi connectivity index (χ3v) is 1.03. The highest BCUT2D eigenvalue weighted by molar-refractivity contribution is 5.81. The molecule has 0 amide bonds. The molecule has 1 heterocycles. The number of ether oxygens (including phenoxy) is 1. The van der Waals surface area contributed by atoms with Crippen molar-refractivity contribution in [3.8, 4) is 0 Å². The Hall–Kier alpha value is -0.870. The minimum atomic E-state index is -0.688. The van der Waals surface area contributed by atoms with Gasteiger partial charge < -0.3 is 15.6 Å². The summed E-state index contributed by atoms with van der Waals surface area (Å²) in [5.74, 6) is -0.258. The predicted octanol–water partition coefficient (Wildman–Crippen LogP) is -1.25. The van der Waals surface area contributed by atoms with Gasteiger partial charge in [-0.25, -0.2) is 4.79 Å². The van der Waals surface area contributed by atoms with E-state index in [4.69, 9.17) is 10.8 Å². The molecule has 0 saturated heterocycles. The van der Waals surface area contributed by atoms with Crippen LogP contribution >= 0.6 is 0 Å². The molecule has 4 heteroatoms. The summed E-state index contributed by atoms with van der Waals surface area (Å²) in [5.41, 5.74) is 5.18. The number of nitrogens with two attached hydrogens (primary N) is 1. The lowest BCUT2D eigenvalue weighted by molar-refractivity contribution is -0.138. The molecule has 0 saturated carbocycles. The van der Waals surface area contributed by atoms with Crippen LogP contribution in [0, 0.1) is 0 Å². The van der Waals surface area contributed by atoms with Crippen molar-refractivity contribution < 1.29 is 14.6 Å². The van der Waals surface area contributed by atoms with Crippen LogP contribution in [0.2, 0.25) is 0 Å². The van der Waals surface area contributed by atoms with Gasteiger partial charge in [-0.2, -0.15) is 0 Å². The van der Waals surface area contributed by atoms with Crippen LogP contribution in [-0.2, 0) is 9.53 Å². The molecule has 3 N–H and O–H groups in total. The molecule has 0 aromatic heterocycles. The van der Waals surface area contributed by atoms with E-state index in [0.717, 1.165) is 0 Å². The molecule has 0 fully saturated rings. The van der Waals surface area contributed by atoms with Crippen molar-refractivity contribution in [2.45, 2.75) is 6.04 Å². The van der Waals surface area contributed by atoms with Crippen molar-refractivity contribution in [1.82, 2.24) is 0 Å². The van der Waals surface area contributed by atoms with Gasteiger partial charge in [0.15, 0.2) is 0 Å². The molecule has 0 aromatic carbocycles. The lowest BCUT2D eigenvalue weighted by Crippen LogP contribution is -2.24. The lowest BCUT2D eigenvalue weighted by atomic mass is 10.3. The highest BCUT2D eigenvalue weighted by Gasteiger charge is 2.22. The van der Waals surface area contributed by atoms with Gasteiger partial charge in [0.05, 0.1) is 0 Å². The van der Waals surface area contributed by atoms with Gasteiger partial charge in [0, 0.05) is 0 Å².